The van der Waals surface area contributed by atoms with Crippen LogP contribution in [0.15, 0.2) is 54.6 Å². The molecule has 0 saturated heterocycles. The molecule has 0 saturated carbocycles. The molecule has 0 radical (unpaired) electrons. The minimum atomic E-state index is -0.0163. The molecule has 1 amide bonds. The molecule has 0 unspecified atom stereocenters. The van der Waals surface area contributed by atoms with Crippen molar-refractivity contribution >= 4 is 16.9 Å². The molecular formula is C27H35N3O2. The minimum absolute atomic E-state index is 0.0163. The molecule has 0 spiro atoms. The molecule has 5 heteroatoms. The Morgan fingerprint density at radius 1 is 1.03 bits per heavy atom. The highest BCUT2D eigenvalue weighted by atomic mass is 16.5. The Bertz CT molecular complexity index is 1030. The molecule has 1 aromatic heterocycles. The van der Waals surface area contributed by atoms with Gasteiger partial charge in [-0.2, -0.15) is 0 Å². The van der Waals surface area contributed by atoms with Gasteiger partial charge in [-0.25, -0.2) is 4.98 Å². The van der Waals surface area contributed by atoms with Crippen molar-refractivity contribution in [3.63, 3.8) is 0 Å². The monoisotopic (exact) mass is 433 g/mol. The van der Waals surface area contributed by atoms with Gasteiger partial charge in [0, 0.05) is 19.5 Å². The Morgan fingerprint density at radius 3 is 2.59 bits per heavy atom. The molecule has 2 aromatic carbocycles. The van der Waals surface area contributed by atoms with Gasteiger partial charge < -0.3 is 14.6 Å². The zero-order valence-corrected chi connectivity index (χ0v) is 19.6. The van der Waals surface area contributed by atoms with Crippen molar-refractivity contribution in [2.75, 3.05) is 13.2 Å². The van der Waals surface area contributed by atoms with Crippen LogP contribution in [0.1, 0.15) is 49.6 Å². The summed E-state index contributed by atoms with van der Waals surface area (Å²) in [5, 5.41) is 2.91. The molecule has 3 aromatic rings. The third-order valence-corrected chi connectivity index (χ3v) is 5.61. The summed E-state index contributed by atoms with van der Waals surface area (Å²) in [4.78, 5) is 16.4. The van der Waals surface area contributed by atoms with Crippen LogP contribution in [0, 0.1) is 13.8 Å². The van der Waals surface area contributed by atoms with Gasteiger partial charge in [0.15, 0.2) is 0 Å². The molecule has 0 bridgehead atoms. The number of nitrogens with zero attached hydrogens (tertiary/aromatic N) is 2. The maximum absolute atomic E-state index is 11.5. The van der Waals surface area contributed by atoms with Gasteiger partial charge in [0.1, 0.15) is 11.6 Å². The number of carbonyl (C=O) groups is 1. The van der Waals surface area contributed by atoms with E-state index < -0.39 is 0 Å². The van der Waals surface area contributed by atoms with Gasteiger partial charge >= 0.3 is 0 Å². The van der Waals surface area contributed by atoms with E-state index in [-0.39, 0.29) is 5.91 Å². The molecule has 1 heterocycles. The zero-order chi connectivity index (χ0) is 22.8. The number of aromatic nitrogens is 2. The number of benzene rings is 2. The Hall–Kier alpha value is -3.08. The summed E-state index contributed by atoms with van der Waals surface area (Å²) < 4.78 is 8.45. The largest absolute Gasteiger partial charge is 0.493 e. The summed E-state index contributed by atoms with van der Waals surface area (Å²) in [6.45, 7) is 8.33. The van der Waals surface area contributed by atoms with Crippen LogP contribution in [-0.4, -0.2) is 28.6 Å². The van der Waals surface area contributed by atoms with Gasteiger partial charge in [-0.15, -0.1) is 0 Å². The number of allylic oxidation sites excluding steroid dienone is 1. The van der Waals surface area contributed by atoms with E-state index in [1.165, 1.54) is 16.6 Å². The molecule has 0 atom stereocenters. The summed E-state index contributed by atoms with van der Waals surface area (Å²) in [7, 11) is 0. The lowest BCUT2D eigenvalue weighted by molar-refractivity contribution is -0.116. The second kappa shape index (κ2) is 12.1. The number of amides is 1. The Balaban J connectivity index is 1.53. The van der Waals surface area contributed by atoms with Crippen molar-refractivity contribution < 1.29 is 9.53 Å². The molecule has 170 valence electrons. The zero-order valence-electron chi connectivity index (χ0n) is 19.6. The summed E-state index contributed by atoms with van der Waals surface area (Å²) in [6.07, 6.45) is 8.29. The van der Waals surface area contributed by atoms with E-state index in [9.17, 15) is 4.79 Å². The van der Waals surface area contributed by atoms with E-state index in [1.54, 1.807) is 12.2 Å². The van der Waals surface area contributed by atoms with Crippen LogP contribution in [0.5, 0.6) is 5.75 Å². The first-order chi connectivity index (χ1) is 15.6. The number of ether oxygens (including phenoxy) is 1. The van der Waals surface area contributed by atoms with Crippen LogP contribution in [0.3, 0.4) is 0 Å². The van der Waals surface area contributed by atoms with Crippen LogP contribution >= 0.6 is 0 Å². The van der Waals surface area contributed by atoms with Crippen LogP contribution in [0.25, 0.3) is 11.0 Å². The maximum atomic E-state index is 11.5. The fraction of sp³-hybridized carbons (Fsp3) is 0.407. The molecule has 0 fully saturated rings. The van der Waals surface area contributed by atoms with Crippen molar-refractivity contribution in [1.82, 2.24) is 14.9 Å². The minimum Gasteiger partial charge on any atom is -0.493 e. The molecule has 32 heavy (non-hydrogen) atoms. The lowest BCUT2D eigenvalue weighted by Gasteiger charge is -2.13. The molecule has 1 N–H and O–H groups in total. The van der Waals surface area contributed by atoms with Crippen LogP contribution in [-0.2, 0) is 17.8 Å². The summed E-state index contributed by atoms with van der Waals surface area (Å²) in [6, 6.07) is 14.6. The third-order valence-electron chi connectivity index (χ3n) is 5.61. The van der Waals surface area contributed by atoms with Gasteiger partial charge in [0.2, 0.25) is 5.91 Å². The Morgan fingerprint density at radius 2 is 1.81 bits per heavy atom. The number of hydrogen-bond acceptors (Lipinski definition) is 3. The predicted octanol–water partition coefficient (Wildman–Crippen LogP) is 5.53. The first-order valence-corrected chi connectivity index (χ1v) is 11.6. The first-order valence-electron chi connectivity index (χ1n) is 11.6. The lowest BCUT2D eigenvalue weighted by atomic mass is 10.1. The molecular weight excluding hydrogens is 398 g/mol. The van der Waals surface area contributed by atoms with Crippen molar-refractivity contribution in [2.24, 2.45) is 0 Å². The van der Waals surface area contributed by atoms with E-state index >= 15 is 0 Å². The number of carbonyl (C=O) groups excluding carboxylic acids is 1. The van der Waals surface area contributed by atoms with Crippen LogP contribution in [0.2, 0.25) is 0 Å². The highest BCUT2D eigenvalue weighted by molar-refractivity contribution is 5.87. The maximum Gasteiger partial charge on any atom is 0.243 e. The summed E-state index contributed by atoms with van der Waals surface area (Å²) in [5.41, 5.74) is 4.60. The molecule has 3 rings (SSSR count). The van der Waals surface area contributed by atoms with E-state index in [1.807, 2.05) is 13.0 Å². The van der Waals surface area contributed by atoms with Crippen molar-refractivity contribution in [2.45, 2.75) is 59.4 Å². The van der Waals surface area contributed by atoms with Crippen LogP contribution < -0.4 is 10.1 Å². The number of imidazole rings is 1. The first kappa shape index (κ1) is 23.6. The highest BCUT2D eigenvalue weighted by Crippen LogP contribution is 2.23. The van der Waals surface area contributed by atoms with Gasteiger partial charge in [-0.1, -0.05) is 42.8 Å². The van der Waals surface area contributed by atoms with Gasteiger partial charge in [0.25, 0.3) is 0 Å². The van der Waals surface area contributed by atoms with Crippen molar-refractivity contribution in [3.8, 4) is 5.75 Å². The van der Waals surface area contributed by atoms with E-state index in [2.05, 4.69) is 60.1 Å². The molecule has 0 aliphatic carbocycles. The second-order valence-electron chi connectivity index (χ2n) is 8.19. The standard InChI is InChI=1S/C27H35N3O2/c1-4-12-26(31)28-18-9-5-6-17-25-29-23-15-7-8-16-24(23)30(25)19-11-20-32-27-21(2)13-10-14-22(27)3/h4,7-8,10,12-16H,5-6,9,11,17-20H2,1-3H3,(H,28,31)/b12-4+. The number of fused-ring (bicyclic) bond motifs is 1. The van der Waals surface area contributed by atoms with Crippen molar-refractivity contribution in [1.29, 1.82) is 0 Å². The number of rotatable bonds is 12. The molecule has 5 nitrogen and oxygen atoms in total. The van der Waals surface area contributed by atoms with Gasteiger partial charge in [-0.05, 0) is 69.4 Å². The normalized spacial score (nSPS) is 11.3. The van der Waals surface area contributed by atoms with Gasteiger partial charge in [-0.3, -0.25) is 4.79 Å². The molecule has 0 aliphatic heterocycles. The average Bonchev–Trinajstić information content (AvgIpc) is 3.13. The number of hydrogen-bond donors (Lipinski definition) is 1. The topological polar surface area (TPSA) is 56.2 Å². The Labute approximate surface area is 191 Å². The molecule has 0 aliphatic rings. The average molecular weight is 434 g/mol. The predicted molar refractivity (Wildman–Crippen MR) is 131 cm³/mol. The SMILES string of the molecule is C/C=C/C(=O)NCCCCCc1nc2ccccc2n1CCCOc1c(C)cccc1C. The quantitative estimate of drug-likeness (QED) is 0.302. The van der Waals surface area contributed by atoms with Crippen LogP contribution in [0.4, 0.5) is 0 Å². The fourth-order valence-corrected chi connectivity index (χ4v) is 4.00. The summed E-state index contributed by atoms with van der Waals surface area (Å²) >= 11 is 0. The van der Waals surface area contributed by atoms with E-state index in [0.717, 1.165) is 62.3 Å². The smallest absolute Gasteiger partial charge is 0.243 e. The number of para-hydroxylation sites is 3. The third kappa shape index (κ3) is 6.46. The highest BCUT2D eigenvalue weighted by Gasteiger charge is 2.10. The van der Waals surface area contributed by atoms with Gasteiger partial charge in [0.05, 0.1) is 17.6 Å². The van der Waals surface area contributed by atoms with Crippen molar-refractivity contribution in [3.05, 3.63) is 71.6 Å². The summed E-state index contributed by atoms with van der Waals surface area (Å²) in [5.74, 6) is 2.12. The second-order valence-corrected chi connectivity index (χ2v) is 8.19. The van der Waals surface area contributed by atoms with E-state index in [0.29, 0.717) is 6.61 Å². The number of aryl methyl sites for hydroxylation is 4. The number of unbranched alkanes of at least 4 members (excludes halogenated alkanes) is 2. The number of nitrogens with one attached hydrogen (secondary N) is 1. The fourth-order valence-electron chi connectivity index (χ4n) is 4.00. The Kier molecular flexibility index (Phi) is 8.90. The lowest BCUT2D eigenvalue weighted by Crippen LogP contribution is -2.21. The van der Waals surface area contributed by atoms with E-state index in [4.69, 9.17) is 9.72 Å².